The van der Waals surface area contributed by atoms with Gasteiger partial charge < -0.3 is 30.2 Å². The maximum absolute atomic E-state index is 13.0. The Morgan fingerprint density at radius 3 is 1.77 bits per heavy atom. The summed E-state index contributed by atoms with van der Waals surface area (Å²) in [5.41, 5.74) is 3.43. The van der Waals surface area contributed by atoms with Crippen molar-refractivity contribution in [2.75, 3.05) is 19.5 Å². The molecule has 0 aliphatic heterocycles. The van der Waals surface area contributed by atoms with Gasteiger partial charge in [0.2, 0.25) is 0 Å². The van der Waals surface area contributed by atoms with Crippen LogP contribution in [0.1, 0.15) is 80.1 Å². The molecule has 5 N–H and O–H groups in total. The van der Waals surface area contributed by atoms with E-state index >= 15 is 0 Å². The highest BCUT2D eigenvalue weighted by Crippen LogP contribution is 2.33. The molecule has 4 aromatic carbocycles. The second kappa shape index (κ2) is 14.9. The Kier molecular flexibility index (Phi) is 11.0. The predicted molar refractivity (Wildman–Crippen MR) is 170 cm³/mol. The summed E-state index contributed by atoms with van der Waals surface area (Å²) in [5, 5.41) is 32.2. The summed E-state index contributed by atoms with van der Waals surface area (Å²) in [6.45, 7) is 0. The molecular formula is C33H26Cl2N2O10. The van der Waals surface area contributed by atoms with Crippen molar-refractivity contribution in [1.29, 1.82) is 0 Å². The van der Waals surface area contributed by atoms with Crippen LogP contribution in [0.5, 0.6) is 0 Å². The molecule has 4 aromatic rings. The smallest absolute Gasteiger partial charge is 0.337 e. The van der Waals surface area contributed by atoms with Crippen molar-refractivity contribution in [3.05, 3.63) is 133 Å². The van der Waals surface area contributed by atoms with E-state index in [9.17, 15) is 39.4 Å². The zero-order chi connectivity index (χ0) is 34.4. The van der Waals surface area contributed by atoms with Crippen LogP contribution < -0.4 is 10.8 Å². The summed E-state index contributed by atoms with van der Waals surface area (Å²) in [7, 11) is 2.34. The standard InChI is InChI=1S/C33H26Cl2N2O10/c1-46-32(43)18-5-8-20(30(39)40)23(14-18)28(37-45)22-7-3-16(12-25(22)34)11-17-4-10-27(26(35)13-17)36-29(38)24-15-19(33(44)47-2)6-9-21(24)31(41)42/h3-10,12-15,28,37,45H,11H2,1-2H3,(H,36,38)(H,39,40)(H,41,42). The first kappa shape index (κ1) is 34.6. The van der Waals surface area contributed by atoms with Gasteiger partial charge in [0.25, 0.3) is 5.91 Å². The van der Waals surface area contributed by atoms with E-state index in [-0.39, 0.29) is 49.1 Å². The van der Waals surface area contributed by atoms with Gasteiger partial charge in [0.05, 0.1) is 58.8 Å². The Morgan fingerprint density at radius 2 is 1.23 bits per heavy atom. The van der Waals surface area contributed by atoms with E-state index in [0.29, 0.717) is 17.5 Å². The molecule has 0 aromatic heterocycles. The molecule has 4 rings (SSSR count). The van der Waals surface area contributed by atoms with Gasteiger partial charge in [-0.25, -0.2) is 19.2 Å². The first-order valence-corrected chi connectivity index (χ1v) is 14.3. The number of esters is 2. The number of hydrogen-bond donors (Lipinski definition) is 5. The summed E-state index contributed by atoms with van der Waals surface area (Å²) in [4.78, 5) is 60.6. The molecule has 47 heavy (non-hydrogen) atoms. The number of carbonyl (C=O) groups is 5. The van der Waals surface area contributed by atoms with Crippen LogP contribution in [-0.2, 0) is 15.9 Å². The number of anilines is 1. The summed E-state index contributed by atoms with van der Waals surface area (Å²) in [6, 6.07) is 16.0. The van der Waals surface area contributed by atoms with E-state index in [0.717, 1.165) is 24.8 Å². The Balaban J connectivity index is 1.57. The molecule has 0 spiro atoms. The molecule has 242 valence electrons. The van der Waals surface area contributed by atoms with Gasteiger partial charge in [0, 0.05) is 5.02 Å². The van der Waals surface area contributed by atoms with Crippen molar-refractivity contribution in [3.63, 3.8) is 0 Å². The van der Waals surface area contributed by atoms with Gasteiger partial charge in [-0.2, -0.15) is 5.48 Å². The van der Waals surface area contributed by atoms with Crippen molar-refractivity contribution < 1.29 is 48.9 Å². The maximum Gasteiger partial charge on any atom is 0.337 e. The number of carboxylic acid groups (broad SMARTS) is 2. The SMILES string of the molecule is COC(=O)c1ccc(C(=O)O)c(C(=O)Nc2ccc(Cc3ccc(C(NO)c4cc(C(=O)OC)ccc4C(=O)O)c(Cl)c3)cc2Cl)c1. The Hall–Kier alpha value is -5.27. The van der Waals surface area contributed by atoms with Crippen LogP contribution in [0.3, 0.4) is 0 Å². The fourth-order valence-electron chi connectivity index (χ4n) is 4.82. The summed E-state index contributed by atoms with van der Waals surface area (Å²) in [5.74, 6) is -4.88. The lowest BCUT2D eigenvalue weighted by Gasteiger charge is -2.20. The Labute approximate surface area is 277 Å². The lowest BCUT2D eigenvalue weighted by atomic mass is 9.92. The first-order chi connectivity index (χ1) is 22.4. The zero-order valence-electron chi connectivity index (χ0n) is 24.7. The highest BCUT2D eigenvalue weighted by Gasteiger charge is 2.25. The van der Waals surface area contributed by atoms with E-state index in [1.165, 1.54) is 37.4 Å². The Bertz CT molecular complexity index is 1910. The third kappa shape index (κ3) is 7.76. The number of hydroxylamine groups is 1. The number of carbonyl (C=O) groups excluding carboxylic acids is 3. The quantitative estimate of drug-likeness (QED) is 0.0940. The highest BCUT2D eigenvalue weighted by atomic mass is 35.5. The van der Waals surface area contributed by atoms with E-state index < -0.39 is 35.8 Å². The van der Waals surface area contributed by atoms with Crippen LogP contribution in [0, 0.1) is 0 Å². The number of carboxylic acids is 2. The number of ether oxygens (including phenoxy) is 2. The molecular weight excluding hydrogens is 655 g/mol. The summed E-state index contributed by atoms with van der Waals surface area (Å²) < 4.78 is 9.38. The molecule has 0 heterocycles. The molecule has 0 saturated carbocycles. The van der Waals surface area contributed by atoms with Gasteiger partial charge in [-0.3, -0.25) is 4.79 Å². The van der Waals surface area contributed by atoms with Crippen molar-refractivity contribution in [2.45, 2.75) is 12.5 Å². The normalized spacial score (nSPS) is 11.3. The molecule has 1 amide bonds. The molecule has 0 fully saturated rings. The molecule has 14 heteroatoms. The van der Waals surface area contributed by atoms with Crippen molar-refractivity contribution in [1.82, 2.24) is 5.48 Å². The first-order valence-electron chi connectivity index (χ1n) is 13.6. The van der Waals surface area contributed by atoms with Crippen molar-refractivity contribution in [3.8, 4) is 0 Å². The van der Waals surface area contributed by atoms with Crippen molar-refractivity contribution in [2.24, 2.45) is 0 Å². The fraction of sp³-hybridized carbons (Fsp3) is 0.121. The number of aromatic carboxylic acids is 2. The lowest BCUT2D eigenvalue weighted by molar-refractivity contribution is 0.0591. The summed E-state index contributed by atoms with van der Waals surface area (Å²) in [6.07, 6.45) is 0.327. The molecule has 0 radical (unpaired) electrons. The molecule has 0 aliphatic rings. The zero-order valence-corrected chi connectivity index (χ0v) is 26.2. The largest absolute Gasteiger partial charge is 0.478 e. The van der Waals surface area contributed by atoms with Crippen LogP contribution in [0.4, 0.5) is 5.69 Å². The molecule has 0 saturated heterocycles. The number of amides is 1. The van der Waals surface area contributed by atoms with Gasteiger partial charge in [0.1, 0.15) is 0 Å². The molecule has 0 bridgehead atoms. The van der Waals surface area contributed by atoms with Gasteiger partial charge in [-0.15, -0.1) is 0 Å². The minimum absolute atomic E-state index is 0.00750. The predicted octanol–water partition coefficient (Wildman–Crippen LogP) is 5.87. The van der Waals surface area contributed by atoms with Crippen LogP contribution >= 0.6 is 23.2 Å². The third-order valence-corrected chi connectivity index (χ3v) is 7.76. The number of hydrogen-bond acceptors (Lipinski definition) is 9. The Morgan fingerprint density at radius 1 is 0.681 bits per heavy atom. The van der Waals surface area contributed by atoms with E-state index in [2.05, 4.69) is 15.5 Å². The fourth-order valence-corrected chi connectivity index (χ4v) is 5.38. The van der Waals surface area contributed by atoms with Crippen LogP contribution in [0.2, 0.25) is 10.0 Å². The number of benzene rings is 4. The summed E-state index contributed by atoms with van der Waals surface area (Å²) >= 11 is 13.0. The number of rotatable bonds is 11. The molecule has 12 nitrogen and oxygen atoms in total. The second-order valence-corrected chi connectivity index (χ2v) is 10.8. The number of halogens is 2. The van der Waals surface area contributed by atoms with Gasteiger partial charge in [-0.1, -0.05) is 41.4 Å². The van der Waals surface area contributed by atoms with E-state index in [4.69, 9.17) is 27.9 Å². The number of nitrogens with one attached hydrogen (secondary N) is 2. The van der Waals surface area contributed by atoms with E-state index in [1.54, 1.807) is 30.3 Å². The monoisotopic (exact) mass is 680 g/mol. The van der Waals surface area contributed by atoms with E-state index in [1.807, 2.05) is 0 Å². The third-order valence-electron chi connectivity index (χ3n) is 7.12. The lowest BCUT2D eigenvalue weighted by Crippen LogP contribution is -2.22. The minimum Gasteiger partial charge on any atom is -0.478 e. The molecule has 0 aliphatic carbocycles. The minimum atomic E-state index is -1.36. The van der Waals surface area contributed by atoms with Gasteiger partial charge in [0.15, 0.2) is 0 Å². The number of methoxy groups -OCH3 is 2. The average molecular weight is 681 g/mol. The van der Waals surface area contributed by atoms with Crippen molar-refractivity contribution >= 4 is 58.7 Å². The molecule has 1 unspecified atom stereocenters. The van der Waals surface area contributed by atoms with Crippen LogP contribution in [-0.4, -0.2) is 59.4 Å². The average Bonchev–Trinajstić information content (AvgIpc) is 3.05. The second-order valence-electron chi connectivity index (χ2n) is 10.0. The van der Waals surface area contributed by atoms with Crippen LogP contribution in [0.25, 0.3) is 0 Å². The van der Waals surface area contributed by atoms with Gasteiger partial charge >= 0.3 is 23.9 Å². The topological polar surface area (TPSA) is 189 Å². The van der Waals surface area contributed by atoms with Crippen LogP contribution in [0.15, 0.2) is 72.8 Å². The highest BCUT2D eigenvalue weighted by molar-refractivity contribution is 6.34. The van der Waals surface area contributed by atoms with Gasteiger partial charge in [-0.05, 0) is 83.3 Å². The maximum atomic E-state index is 13.0. The molecule has 1 atom stereocenters.